The van der Waals surface area contributed by atoms with E-state index in [2.05, 4.69) is 15.8 Å². The predicted octanol–water partition coefficient (Wildman–Crippen LogP) is 5.37. The zero-order valence-electron chi connectivity index (χ0n) is 17.3. The summed E-state index contributed by atoms with van der Waals surface area (Å²) >= 11 is 0. The molecule has 0 atom stereocenters. The summed E-state index contributed by atoms with van der Waals surface area (Å²) in [6, 6.07) is 20.6. The van der Waals surface area contributed by atoms with Gasteiger partial charge in [-0.3, -0.25) is 9.59 Å². The Bertz CT molecular complexity index is 1130. The highest BCUT2D eigenvalue weighted by atomic mass is 19.4. The minimum Gasteiger partial charge on any atom is -0.457 e. The molecule has 0 bridgehead atoms. The first-order chi connectivity index (χ1) is 15.8. The highest BCUT2D eigenvalue weighted by Gasteiger charge is 2.30. The van der Waals surface area contributed by atoms with Gasteiger partial charge in [0.05, 0.1) is 11.8 Å². The molecule has 2 N–H and O–H groups in total. The van der Waals surface area contributed by atoms with E-state index in [1.54, 1.807) is 24.3 Å². The van der Waals surface area contributed by atoms with Crippen molar-refractivity contribution in [3.63, 3.8) is 0 Å². The molecule has 33 heavy (non-hydrogen) atoms. The van der Waals surface area contributed by atoms with Gasteiger partial charge in [0.1, 0.15) is 11.5 Å². The fraction of sp³-hybridized carbons (Fsp3) is 0.125. The van der Waals surface area contributed by atoms with Gasteiger partial charge in [0.25, 0.3) is 0 Å². The van der Waals surface area contributed by atoms with Crippen LogP contribution in [-0.2, 0) is 15.8 Å². The minimum atomic E-state index is -4.51. The Morgan fingerprint density at radius 2 is 1.55 bits per heavy atom. The summed E-state index contributed by atoms with van der Waals surface area (Å²) in [4.78, 5) is 23.8. The number of benzene rings is 3. The number of nitrogens with zero attached hydrogens (tertiary/aromatic N) is 1. The second-order valence-corrected chi connectivity index (χ2v) is 6.91. The van der Waals surface area contributed by atoms with Crippen LogP contribution in [-0.4, -0.2) is 18.0 Å². The van der Waals surface area contributed by atoms with Crippen molar-refractivity contribution in [2.45, 2.75) is 19.0 Å². The van der Waals surface area contributed by atoms with Gasteiger partial charge in [0.15, 0.2) is 0 Å². The topological polar surface area (TPSA) is 79.8 Å². The van der Waals surface area contributed by atoms with E-state index in [1.165, 1.54) is 18.3 Å². The van der Waals surface area contributed by atoms with Crippen molar-refractivity contribution in [3.05, 3.63) is 90.0 Å². The van der Waals surface area contributed by atoms with E-state index in [-0.39, 0.29) is 18.5 Å². The number of para-hydroxylation sites is 1. The van der Waals surface area contributed by atoms with Crippen molar-refractivity contribution in [2.24, 2.45) is 5.10 Å². The Balaban J connectivity index is 1.45. The first kappa shape index (κ1) is 23.5. The predicted molar refractivity (Wildman–Crippen MR) is 118 cm³/mol. The number of alkyl halides is 3. The van der Waals surface area contributed by atoms with Crippen molar-refractivity contribution >= 4 is 23.7 Å². The maximum atomic E-state index is 12.7. The largest absolute Gasteiger partial charge is 0.457 e. The average Bonchev–Trinajstić information content (AvgIpc) is 2.78. The fourth-order valence-corrected chi connectivity index (χ4v) is 2.74. The molecule has 0 saturated carbocycles. The van der Waals surface area contributed by atoms with Crippen molar-refractivity contribution < 1.29 is 27.5 Å². The molecule has 6 nitrogen and oxygen atoms in total. The number of hydrogen-bond acceptors (Lipinski definition) is 4. The number of rotatable bonds is 8. The van der Waals surface area contributed by atoms with Gasteiger partial charge in [-0.15, -0.1) is 0 Å². The second-order valence-electron chi connectivity index (χ2n) is 6.91. The summed E-state index contributed by atoms with van der Waals surface area (Å²) in [5.41, 5.74) is 2.13. The van der Waals surface area contributed by atoms with E-state index >= 15 is 0 Å². The highest BCUT2D eigenvalue weighted by Crippen LogP contribution is 2.30. The maximum absolute atomic E-state index is 12.7. The van der Waals surface area contributed by atoms with Gasteiger partial charge in [0.2, 0.25) is 11.8 Å². The molecule has 0 fully saturated rings. The summed E-state index contributed by atoms with van der Waals surface area (Å²) in [5, 5.41) is 6.20. The lowest BCUT2D eigenvalue weighted by Gasteiger charge is -2.09. The number of hydrogen-bond donors (Lipinski definition) is 2. The number of hydrazone groups is 1. The Kier molecular flexibility index (Phi) is 7.80. The smallest absolute Gasteiger partial charge is 0.416 e. The van der Waals surface area contributed by atoms with Crippen LogP contribution in [0.2, 0.25) is 0 Å². The molecule has 0 aliphatic heterocycles. The standard InChI is InChI=1S/C24H20F3N3O3/c25-24(26,27)18-7-5-8-19(15-18)29-22(31)12-13-23(32)30-28-16-17-6-4-11-21(14-17)33-20-9-2-1-3-10-20/h1-11,14-16H,12-13H2,(H,29,31)(H,30,32)/b28-16-. The van der Waals surface area contributed by atoms with Crippen molar-refractivity contribution in [3.8, 4) is 11.5 Å². The number of carbonyl (C=O) groups excluding carboxylic acids is 2. The fourth-order valence-electron chi connectivity index (χ4n) is 2.74. The van der Waals surface area contributed by atoms with E-state index in [9.17, 15) is 22.8 Å². The van der Waals surface area contributed by atoms with Gasteiger partial charge in [-0.2, -0.15) is 18.3 Å². The van der Waals surface area contributed by atoms with Crippen molar-refractivity contribution in [2.75, 3.05) is 5.32 Å². The Hall–Kier alpha value is -4.14. The molecule has 3 aromatic carbocycles. The van der Waals surface area contributed by atoms with Crippen LogP contribution in [0, 0.1) is 0 Å². The lowest BCUT2D eigenvalue weighted by molar-refractivity contribution is -0.137. The van der Waals surface area contributed by atoms with E-state index in [0.717, 1.165) is 12.1 Å². The van der Waals surface area contributed by atoms with Gasteiger partial charge >= 0.3 is 6.18 Å². The minimum absolute atomic E-state index is 0.00542. The zero-order valence-corrected chi connectivity index (χ0v) is 17.3. The van der Waals surface area contributed by atoms with E-state index < -0.39 is 23.6 Å². The molecule has 3 aromatic rings. The molecule has 9 heteroatoms. The van der Waals surface area contributed by atoms with Crippen LogP contribution >= 0.6 is 0 Å². The number of carbonyl (C=O) groups is 2. The second kappa shape index (κ2) is 10.9. The summed E-state index contributed by atoms with van der Waals surface area (Å²) in [6.45, 7) is 0. The lowest BCUT2D eigenvalue weighted by Crippen LogP contribution is -2.20. The number of nitrogens with one attached hydrogen (secondary N) is 2. The van der Waals surface area contributed by atoms with Gasteiger partial charge in [-0.05, 0) is 48.0 Å². The normalized spacial score (nSPS) is 11.2. The van der Waals surface area contributed by atoms with Crippen LogP contribution in [0.25, 0.3) is 0 Å². The molecule has 0 radical (unpaired) electrons. The van der Waals surface area contributed by atoms with Gasteiger partial charge in [0, 0.05) is 18.5 Å². The average molecular weight is 455 g/mol. The molecular weight excluding hydrogens is 435 g/mol. The van der Waals surface area contributed by atoms with Gasteiger partial charge < -0.3 is 10.1 Å². The SMILES string of the molecule is O=C(CCC(=O)Nc1cccc(C(F)(F)F)c1)N/N=C\c1cccc(Oc2ccccc2)c1. The van der Waals surface area contributed by atoms with Gasteiger partial charge in [-0.1, -0.05) is 36.4 Å². The van der Waals surface area contributed by atoms with Crippen molar-refractivity contribution in [1.82, 2.24) is 5.43 Å². The Morgan fingerprint density at radius 3 is 2.30 bits per heavy atom. The van der Waals surface area contributed by atoms with Crippen LogP contribution in [0.1, 0.15) is 24.0 Å². The summed E-state index contributed by atoms with van der Waals surface area (Å²) in [5.74, 6) is 0.187. The van der Waals surface area contributed by atoms with Gasteiger partial charge in [-0.25, -0.2) is 5.43 Å². The molecule has 0 heterocycles. The summed E-state index contributed by atoms with van der Waals surface area (Å²) < 4.78 is 43.9. The monoisotopic (exact) mass is 455 g/mol. The molecule has 170 valence electrons. The third kappa shape index (κ3) is 7.80. The molecule has 0 aliphatic rings. The molecule has 0 aliphatic carbocycles. The van der Waals surface area contributed by atoms with E-state index in [0.29, 0.717) is 17.1 Å². The molecular formula is C24H20F3N3O3. The van der Waals surface area contributed by atoms with Crippen LogP contribution < -0.4 is 15.5 Å². The van der Waals surface area contributed by atoms with Crippen molar-refractivity contribution in [1.29, 1.82) is 0 Å². The molecule has 0 unspecified atom stereocenters. The number of anilines is 1. The first-order valence-electron chi connectivity index (χ1n) is 9.91. The van der Waals surface area contributed by atoms with Crippen LogP contribution in [0.4, 0.5) is 18.9 Å². The molecule has 2 amide bonds. The first-order valence-corrected chi connectivity index (χ1v) is 9.91. The van der Waals surface area contributed by atoms with E-state index in [1.807, 2.05) is 30.3 Å². The summed E-state index contributed by atoms with van der Waals surface area (Å²) in [7, 11) is 0. The molecule has 0 saturated heterocycles. The van der Waals surface area contributed by atoms with Crippen LogP contribution in [0.5, 0.6) is 11.5 Å². The van der Waals surface area contributed by atoms with E-state index in [4.69, 9.17) is 4.74 Å². The molecule has 0 spiro atoms. The van der Waals surface area contributed by atoms with Crippen LogP contribution in [0.15, 0.2) is 84.0 Å². The number of ether oxygens (including phenoxy) is 1. The lowest BCUT2D eigenvalue weighted by atomic mass is 10.2. The third-order valence-electron chi connectivity index (χ3n) is 4.29. The van der Waals surface area contributed by atoms with Crippen LogP contribution in [0.3, 0.4) is 0 Å². The number of halogens is 3. The Morgan fingerprint density at radius 1 is 0.848 bits per heavy atom. The molecule has 3 rings (SSSR count). The quantitative estimate of drug-likeness (QED) is 0.354. The maximum Gasteiger partial charge on any atom is 0.416 e. The highest BCUT2D eigenvalue weighted by molar-refractivity contribution is 5.93. The zero-order chi connectivity index (χ0) is 23.7. The summed E-state index contributed by atoms with van der Waals surface area (Å²) in [6.07, 6.45) is -3.47. The third-order valence-corrected chi connectivity index (χ3v) is 4.29. The Labute approximate surface area is 188 Å². The number of amides is 2. The molecule has 0 aromatic heterocycles.